The quantitative estimate of drug-likeness (QED) is 0.296. The number of hydrogen-bond acceptors (Lipinski definition) is 6. The average molecular weight is 532 g/mol. The summed E-state index contributed by atoms with van der Waals surface area (Å²) in [4.78, 5) is 42.8. The number of carbonyl (C=O) groups is 3. The molecule has 3 heterocycles. The van der Waals surface area contributed by atoms with Crippen molar-refractivity contribution in [3.05, 3.63) is 87.9 Å². The normalized spacial score (nSPS) is 25.7. The first-order valence-electron chi connectivity index (χ1n) is 12.5. The largest absolute Gasteiger partial charge is 0.504 e. The van der Waals surface area contributed by atoms with Crippen LogP contribution in [0.15, 0.2) is 60.7 Å². The van der Waals surface area contributed by atoms with Crippen LogP contribution in [-0.2, 0) is 32.8 Å². The van der Waals surface area contributed by atoms with Crippen molar-refractivity contribution in [3.8, 4) is 11.5 Å². The number of halogens is 1. The van der Waals surface area contributed by atoms with Crippen LogP contribution in [0.25, 0.3) is 0 Å². The molecule has 3 aliphatic rings. The Labute approximate surface area is 224 Å². The van der Waals surface area contributed by atoms with Crippen molar-refractivity contribution < 1.29 is 24.6 Å². The number of imide groups is 1. The molecule has 194 valence electrons. The number of aryl methyl sites for hydroxylation is 1. The molecule has 3 aromatic carbocycles. The van der Waals surface area contributed by atoms with E-state index in [0.717, 1.165) is 11.1 Å². The summed E-state index contributed by atoms with van der Waals surface area (Å²) in [5.74, 6) is -3.43. The molecule has 0 aromatic heterocycles. The minimum absolute atomic E-state index is 0.209. The van der Waals surface area contributed by atoms with Crippen LogP contribution in [-0.4, -0.2) is 45.4 Å². The summed E-state index contributed by atoms with van der Waals surface area (Å²) in [6.07, 6.45) is 0.757. The van der Waals surface area contributed by atoms with Crippen LogP contribution < -0.4 is 10.6 Å². The van der Waals surface area contributed by atoms with E-state index < -0.39 is 29.3 Å². The molecule has 4 N–H and O–H groups in total. The molecule has 4 atom stereocenters. The van der Waals surface area contributed by atoms with Crippen LogP contribution in [0.3, 0.4) is 0 Å². The SMILES string of the molecule is Cc1cc(Cl)c2c(c1)[C@@]1(N[C@H](Cc3ccc(O)c(O)c3)[C@H]3C(=O)N(CCc4ccccc4)C(=O)[C@H]31)C(=O)N2. The van der Waals surface area contributed by atoms with Gasteiger partial charge in [0.1, 0.15) is 5.54 Å². The van der Waals surface area contributed by atoms with Crippen molar-refractivity contribution in [2.45, 2.75) is 31.3 Å². The summed E-state index contributed by atoms with van der Waals surface area (Å²) in [5, 5.41) is 26.4. The fraction of sp³-hybridized carbons (Fsp3) is 0.276. The predicted molar refractivity (Wildman–Crippen MR) is 141 cm³/mol. The number of fused-ring (bicyclic) bond motifs is 4. The van der Waals surface area contributed by atoms with Gasteiger partial charge in [0.15, 0.2) is 11.5 Å². The van der Waals surface area contributed by atoms with Crippen LogP contribution in [0.5, 0.6) is 11.5 Å². The minimum Gasteiger partial charge on any atom is -0.504 e. The summed E-state index contributed by atoms with van der Waals surface area (Å²) >= 11 is 6.50. The number of amides is 3. The molecule has 0 unspecified atom stereocenters. The lowest BCUT2D eigenvalue weighted by atomic mass is 9.76. The second-order valence-electron chi connectivity index (χ2n) is 10.3. The summed E-state index contributed by atoms with van der Waals surface area (Å²) in [7, 11) is 0. The van der Waals surface area contributed by atoms with Crippen molar-refractivity contribution in [2.24, 2.45) is 11.8 Å². The highest BCUT2D eigenvalue weighted by Gasteiger charge is 2.70. The molecule has 3 aliphatic heterocycles. The van der Waals surface area contributed by atoms with Crippen LogP contribution in [0, 0.1) is 18.8 Å². The molecular formula is C29H26ClN3O5. The highest BCUT2D eigenvalue weighted by Crippen LogP contribution is 2.54. The number of carbonyl (C=O) groups excluding carboxylic acids is 3. The molecule has 8 nitrogen and oxygen atoms in total. The number of rotatable bonds is 5. The van der Waals surface area contributed by atoms with Gasteiger partial charge in [-0.2, -0.15) is 0 Å². The van der Waals surface area contributed by atoms with Crippen LogP contribution in [0.2, 0.25) is 5.02 Å². The standard InChI is InChI=1S/C29H26ClN3O5/c1-15-11-18-25(19(30)12-15)31-28(38)29(18)24-23(20(32-29)13-17-7-8-21(34)22(35)14-17)26(36)33(27(24)37)10-9-16-5-3-2-4-6-16/h2-8,11-12,14,20,23-24,32,34-35H,9-10,13H2,1H3,(H,31,38)/t20-,23-,24+,29+/m1/s1. The molecule has 0 bridgehead atoms. The van der Waals surface area contributed by atoms with Gasteiger partial charge in [-0.15, -0.1) is 0 Å². The third kappa shape index (κ3) is 3.59. The Morgan fingerprint density at radius 1 is 0.947 bits per heavy atom. The zero-order valence-corrected chi connectivity index (χ0v) is 21.3. The summed E-state index contributed by atoms with van der Waals surface area (Å²) in [6.45, 7) is 2.07. The first kappa shape index (κ1) is 24.5. The topological polar surface area (TPSA) is 119 Å². The highest BCUT2D eigenvalue weighted by molar-refractivity contribution is 6.35. The van der Waals surface area contributed by atoms with E-state index in [1.165, 1.54) is 17.0 Å². The smallest absolute Gasteiger partial charge is 0.250 e. The van der Waals surface area contributed by atoms with E-state index in [9.17, 15) is 24.6 Å². The van der Waals surface area contributed by atoms with Crippen molar-refractivity contribution in [2.75, 3.05) is 11.9 Å². The Morgan fingerprint density at radius 3 is 2.45 bits per heavy atom. The van der Waals surface area contributed by atoms with Gasteiger partial charge in [0, 0.05) is 18.2 Å². The molecule has 0 aliphatic carbocycles. The van der Waals surface area contributed by atoms with Crippen molar-refractivity contribution in [1.29, 1.82) is 0 Å². The zero-order chi connectivity index (χ0) is 26.8. The summed E-state index contributed by atoms with van der Waals surface area (Å²) in [6, 6.07) is 17.1. The molecule has 6 rings (SSSR count). The number of aromatic hydroxyl groups is 2. The molecule has 3 amide bonds. The fourth-order valence-electron chi connectivity index (χ4n) is 6.28. The second-order valence-corrected chi connectivity index (χ2v) is 10.7. The first-order chi connectivity index (χ1) is 18.2. The summed E-state index contributed by atoms with van der Waals surface area (Å²) in [5.41, 5.74) is 2.02. The van der Waals surface area contributed by atoms with Gasteiger partial charge in [0.25, 0.3) is 0 Å². The molecule has 38 heavy (non-hydrogen) atoms. The number of anilines is 1. The average Bonchev–Trinajstić information content (AvgIpc) is 3.46. The predicted octanol–water partition coefficient (Wildman–Crippen LogP) is 3.27. The van der Waals surface area contributed by atoms with Crippen LogP contribution in [0.1, 0.15) is 22.3 Å². The van der Waals surface area contributed by atoms with Crippen LogP contribution >= 0.6 is 11.6 Å². The van der Waals surface area contributed by atoms with Crippen molar-refractivity contribution in [1.82, 2.24) is 10.2 Å². The number of likely N-dealkylation sites (tertiary alicyclic amines) is 1. The van der Waals surface area contributed by atoms with Crippen molar-refractivity contribution in [3.63, 3.8) is 0 Å². The lowest BCUT2D eigenvalue weighted by Gasteiger charge is -2.30. The Morgan fingerprint density at radius 2 is 1.71 bits per heavy atom. The number of benzene rings is 3. The number of phenolic OH excluding ortho intramolecular Hbond substituents is 2. The number of hydrogen-bond donors (Lipinski definition) is 4. The van der Waals surface area contributed by atoms with E-state index in [1.807, 2.05) is 43.3 Å². The third-order valence-corrected chi connectivity index (χ3v) is 8.27. The van der Waals surface area contributed by atoms with Crippen LogP contribution in [0.4, 0.5) is 5.69 Å². The number of phenols is 2. The van der Waals surface area contributed by atoms with Gasteiger partial charge >= 0.3 is 0 Å². The van der Waals surface area contributed by atoms with Crippen molar-refractivity contribution >= 4 is 35.0 Å². The van der Waals surface area contributed by atoms with Gasteiger partial charge < -0.3 is 15.5 Å². The van der Waals surface area contributed by atoms with Gasteiger partial charge in [-0.05, 0) is 54.7 Å². The molecule has 3 aromatic rings. The second kappa shape index (κ2) is 8.85. The molecule has 2 fully saturated rings. The highest BCUT2D eigenvalue weighted by atomic mass is 35.5. The van der Waals surface area contributed by atoms with E-state index in [4.69, 9.17) is 11.6 Å². The molecule has 2 saturated heterocycles. The Balaban J connectivity index is 1.42. The molecule has 0 radical (unpaired) electrons. The van der Waals surface area contributed by atoms with Gasteiger partial charge in [0.2, 0.25) is 17.7 Å². The first-order valence-corrected chi connectivity index (χ1v) is 12.9. The Hall–Kier alpha value is -3.88. The molecular weight excluding hydrogens is 506 g/mol. The third-order valence-electron chi connectivity index (χ3n) is 7.97. The summed E-state index contributed by atoms with van der Waals surface area (Å²) < 4.78 is 0. The van der Waals surface area contributed by atoms with E-state index in [1.54, 1.807) is 12.1 Å². The van der Waals surface area contributed by atoms with Gasteiger partial charge in [-0.3, -0.25) is 24.6 Å². The maximum absolute atomic E-state index is 14.0. The number of nitrogens with one attached hydrogen (secondary N) is 2. The Bertz CT molecular complexity index is 1490. The number of nitrogens with zero attached hydrogens (tertiary/aromatic N) is 1. The Kier molecular flexibility index (Phi) is 5.70. The van der Waals surface area contributed by atoms with E-state index >= 15 is 0 Å². The molecule has 1 spiro atoms. The zero-order valence-electron chi connectivity index (χ0n) is 20.6. The fourth-order valence-corrected chi connectivity index (χ4v) is 6.61. The van der Waals surface area contributed by atoms with E-state index in [2.05, 4.69) is 10.6 Å². The van der Waals surface area contributed by atoms with Gasteiger partial charge in [0.05, 0.1) is 22.5 Å². The molecule has 9 heteroatoms. The maximum Gasteiger partial charge on any atom is 0.250 e. The van der Waals surface area contributed by atoms with Gasteiger partial charge in [-0.25, -0.2) is 0 Å². The van der Waals surface area contributed by atoms with Gasteiger partial charge in [-0.1, -0.05) is 54.1 Å². The lowest BCUT2D eigenvalue weighted by molar-refractivity contribution is -0.142. The monoisotopic (exact) mass is 531 g/mol. The minimum atomic E-state index is -1.46. The lowest BCUT2D eigenvalue weighted by Crippen LogP contribution is -2.53. The maximum atomic E-state index is 14.0. The molecule has 0 saturated carbocycles. The van der Waals surface area contributed by atoms with E-state index in [-0.39, 0.29) is 36.3 Å². The van der Waals surface area contributed by atoms with E-state index in [0.29, 0.717) is 28.3 Å².